The van der Waals surface area contributed by atoms with Crippen LogP contribution in [0.4, 0.5) is 27.6 Å². The largest absolute Gasteiger partial charge is 0.508 e. The molecule has 0 aliphatic heterocycles. The zero-order valence-corrected chi connectivity index (χ0v) is 11.2. The maximum absolute atomic E-state index is 13.5. The first-order valence-corrected chi connectivity index (χ1v) is 6.96. The molecule has 0 atom stereocenters. The fourth-order valence-corrected chi connectivity index (χ4v) is 2.79. The van der Waals surface area contributed by atoms with E-state index in [2.05, 4.69) is 0 Å². The van der Waals surface area contributed by atoms with Crippen LogP contribution < -0.4 is 4.72 Å². The molecule has 0 aromatic heterocycles. The van der Waals surface area contributed by atoms with Gasteiger partial charge in [-0.3, -0.25) is 4.72 Å². The Morgan fingerprint density at radius 2 is 1.36 bits per heavy atom. The lowest BCUT2D eigenvalue weighted by Gasteiger charge is -2.11. The number of sulfonamides is 1. The predicted molar refractivity (Wildman–Crippen MR) is 65.1 cm³/mol. The van der Waals surface area contributed by atoms with Gasteiger partial charge in [0, 0.05) is 6.07 Å². The Morgan fingerprint density at radius 1 is 0.864 bits per heavy atom. The number of benzene rings is 2. The van der Waals surface area contributed by atoms with Gasteiger partial charge in [0.1, 0.15) is 5.75 Å². The topological polar surface area (TPSA) is 66.4 Å². The highest BCUT2D eigenvalue weighted by Crippen LogP contribution is 2.28. The summed E-state index contributed by atoms with van der Waals surface area (Å²) in [5.74, 6) is -12.6. The lowest BCUT2D eigenvalue weighted by molar-refractivity contribution is 0.358. The molecule has 0 bridgehead atoms. The summed E-state index contributed by atoms with van der Waals surface area (Å²) in [5, 5.41) is 9.16. The molecule has 0 aliphatic rings. The second kappa shape index (κ2) is 5.44. The molecule has 0 spiro atoms. The van der Waals surface area contributed by atoms with E-state index in [0.717, 1.165) is 12.1 Å². The Balaban J connectivity index is 2.60. The molecule has 2 N–H and O–H groups in total. The van der Waals surface area contributed by atoms with Gasteiger partial charge in [-0.25, -0.2) is 30.4 Å². The van der Waals surface area contributed by atoms with Crippen LogP contribution in [0.1, 0.15) is 0 Å². The van der Waals surface area contributed by atoms with E-state index in [-0.39, 0.29) is 11.4 Å². The van der Waals surface area contributed by atoms with Crippen LogP contribution >= 0.6 is 0 Å². The monoisotopic (exact) mass is 339 g/mol. The van der Waals surface area contributed by atoms with E-state index in [1.165, 1.54) is 12.1 Å². The van der Waals surface area contributed by atoms with Gasteiger partial charge in [-0.05, 0) is 12.1 Å². The average Bonchev–Trinajstić information content (AvgIpc) is 2.42. The molecule has 118 valence electrons. The van der Waals surface area contributed by atoms with Gasteiger partial charge in [-0.2, -0.15) is 0 Å². The molecule has 22 heavy (non-hydrogen) atoms. The third kappa shape index (κ3) is 2.69. The van der Waals surface area contributed by atoms with Crippen molar-refractivity contribution >= 4 is 15.7 Å². The zero-order chi connectivity index (χ0) is 16.7. The molecule has 0 fully saturated rings. The standard InChI is InChI=1S/C12H6F5NO3S/c13-7-8(14)10(16)12(11(17)9(7)15)22(20,21)18-5-2-1-3-6(19)4-5/h1-4,18-19H. The fourth-order valence-electron chi connectivity index (χ4n) is 1.60. The Morgan fingerprint density at radius 3 is 1.86 bits per heavy atom. The normalized spacial score (nSPS) is 11.5. The summed E-state index contributed by atoms with van der Waals surface area (Å²) in [6.07, 6.45) is 0. The van der Waals surface area contributed by atoms with Crippen molar-refractivity contribution in [3.63, 3.8) is 0 Å². The number of hydrogen-bond donors (Lipinski definition) is 2. The van der Waals surface area contributed by atoms with Gasteiger partial charge >= 0.3 is 0 Å². The maximum Gasteiger partial charge on any atom is 0.267 e. The first-order chi connectivity index (χ1) is 10.1. The molecule has 0 unspecified atom stereocenters. The van der Waals surface area contributed by atoms with Crippen molar-refractivity contribution in [2.45, 2.75) is 4.90 Å². The number of halogens is 5. The summed E-state index contributed by atoms with van der Waals surface area (Å²) in [5.41, 5.74) is -0.330. The summed E-state index contributed by atoms with van der Waals surface area (Å²) >= 11 is 0. The van der Waals surface area contributed by atoms with Gasteiger partial charge in [-0.1, -0.05) is 6.07 Å². The minimum atomic E-state index is -5.11. The van der Waals surface area contributed by atoms with Crippen LogP contribution in [0.15, 0.2) is 29.2 Å². The Hall–Kier alpha value is -2.36. The van der Waals surface area contributed by atoms with E-state index in [4.69, 9.17) is 5.11 Å². The zero-order valence-electron chi connectivity index (χ0n) is 10.4. The van der Waals surface area contributed by atoms with Crippen LogP contribution in [-0.2, 0) is 10.0 Å². The minimum Gasteiger partial charge on any atom is -0.508 e. The number of aromatic hydroxyl groups is 1. The number of anilines is 1. The Labute approximate surface area is 120 Å². The predicted octanol–water partition coefficient (Wildman–Crippen LogP) is 2.89. The van der Waals surface area contributed by atoms with Crippen LogP contribution in [0.2, 0.25) is 0 Å². The van der Waals surface area contributed by atoms with Crippen LogP contribution in [0.3, 0.4) is 0 Å². The molecule has 0 heterocycles. The molecule has 4 nitrogen and oxygen atoms in total. The van der Waals surface area contributed by atoms with Crippen molar-refractivity contribution in [1.29, 1.82) is 0 Å². The SMILES string of the molecule is O=S(=O)(Nc1cccc(O)c1)c1c(F)c(F)c(F)c(F)c1F. The van der Waals surface area contributed by atoms with Gasteiger partial charge in [0.15, 0.2) is 28.2 Å². The molecule has 0 aliphatic carbocycles. The lowest BCUT2D eigenvalue weighted by atomic mass is 10.3. The van der Waals surface area contributed by atoms with E-state index in [0.29, 0.717) is 0 Å². The van der Waals surface area contributed by atoms with Crippen molar-refractivity contribution < 1.29 is 35.5 Å². The van der Waals surface area contributed by atoms with Crippen LogP contribution in [-0.4, -0.2) is 13.5 Å². The van der Waals surface area contributed by atoms with Crippen LogP contribution in [0, 0.1) is 29.1 Å². The van der Waals surface area contributed by atoms with E-state index in [1.807, 2.05) is 0 Å². The molecule has 2 rings (SSSR count). The van der Waals surface area contributed by atoms with Crippen LogP contribution in [0.25, 0.3) is 0 Å². The van der Waals surface area contributed by atoms with E-state index >= 15 is 0 Å². The number of hydrogen-bond acceptors (Lipinski definition) is 3. The van der Waals surface area contributed by atoms with Gasteiger partial charge in [-0.15, -0.1) is 0 Å². The smallest absolute Gasteiger partial charge is 0.267 e. The van der Waals surface area contributed by atoms with E-state index in [9.17, 15) is 30.4 Å². The summed E-state index contributed by atoms with van der Waals surface area (Å²) in [6, 6.07) is 4.36. The summed E-state index contributed by atoms with van der Waals surface area (Å²) in [6.45, 7) is 0. The second-order valence-corrected chi connectivity index (χ2v) is 5.67. The highest BCUT2D eigenvalue weighted by molar-refractivity contribution is 7.92. The molecule has 2 aromatic carbocycles. The number of nitrogens with one attached hydrogen (secondary N) is 1. The number of rotatable bonds is 3. The fraction of sp³-hybridized carbons (Fsp3) is 0. The first-order valence-electron chi connectivity index (χ1n) is 5.48. The molecule has 0 saturated heterocycles. The van der Waals surface area contributed by atoms with E-state index in [1.54, 1.807) is 4.72 Å². The maximum atomic E-state index is 13.5. The molecular weight excluding hydrogens is 333 g/mol. The quantitative estimate of drug-likeness (QED) is 0.513. The molecule has 10 heteroatoms. The molecule has 2 aromatic rings. The van der Waals surface area contributed by atoms with Gasteiger partial charge in [0.2, 0.25) is 5.82 Å². The Bertz CT molecular complexity index is 825. The van der Waals surface area contributed by atoms with Crippen LogP contribution in [0.5, 0.6) is 5.75 Å². The Kier molecular flexibility index (Phi) is 3.96. The van der Waals surface area contributed by atoms with Crippen molar-refractivity contribution in [2.75, 3.05) is 4.72 Å². The van der Waals surface area contributed by atoms with Gasteiger partial charge in [0.25, 0.3) is 10.0 Å². The molecule has 0 saturated carbocycles. The van der Waals surface area contributed by atoms with Crippen molar-refractivity contribution in [3.8, 4) is 5.75 Å². The second-order valence-electron chi connectivity index (χ2n) is 4.05. The molecule has 0 radical (unpaired) electrons. The van der Waals surface area contributed by atoms with Crippen molar-refractivity contribution in [3.05, 3.63) is 53.4 Å². The number of phenols is 1. The third-order valence-corrected chi connectivity index (χ3v) is 3.94. The number of phenolic OH excluding ortho intramolecular Hbond substituents is 1. The highest BCUT2D eigenvalue weighted by atomic mass is 32.2. The summed E-state index contributed by atoms with van der Waals surface area (Å²) in [4.78, 5) is -2.01. The lowest BCUT2D eigenvalue weighted by Crippen LogP contribution is -2.19. The van der Waals surface area contributed by atoms with Gasteiger partial charge in [0.05, 0.1) is 5.69 Å². The minimum absolute atomic E-state index is 0.330. The van der Waals surface area contributed by atoms with Gasteiger partial charge < -0.3 is 5.11 Å². The van der Waals surface area contributed by atoms with Crippen molar-refractivity contribution in [2.24, 2.45) is 0 Å². The third-order valence-electron chi connectivity index (χ3n) is 2.54. The summed E-state index contributed by atoms with van der Waals surface area (Å²) in [7, 11) is -5.11. The molecule has 0 amide bonds. The average molecular weight is 339 g/mol. The first kappa shape index (κ1) is 16.0. The highest BCUT2D eigenvalue weighted by Gasteiger charge is 2.33. The van der Waals surface area contributed by atoms with E-state index < -0.39 is 44.0 Å². The summed E-state index contributed by atoms with van der Waals surface area (Å²) < 4.78 is 91.2. The van der Waals surface area contributed by atoms with Crippen molar-refractivity contribution in [1.82, 2.24) is 0 Å². The molecular formula is C12H6F5NO3S.